The van der Waals surface area contributed by atoms with E-state index in [9.17, 15) is 29.4 Å². The number of aliphatic hydroxyl groups is 2. The van der Waals surface area contributed by atoms with Crippen LogP contribution in [-0.4, -0.2) is 87.9 Å². The number of amides is 3. The smallest absolute Gasteiger partial charge is 0.328 e. The number of aliphatic hydroxyl groups excluding tert-OH is 2. The fourth-order valence-corrected chi connectivity index (χ4v) is 2.31. The summed E-state index contributed by atoms with van der Waals surface area (Å²) < 4.78 is 0. The van der Waals surface area contributed by atoms with Gasteiger partial charge in [-0.2, -0.15) is 0 Å². The van der Waals surface area contributed by atoms with E-state index in [1.807, 2.05) is 0 Å². The van der Waals surface area contributed by atoms with Crippen molar-refractivity contribution in [3.63, 3.8) is 0 Å². The van der Waals surface area contributed by atoms with Gasteiger partial charge in [0.1, 0.15) is 18.1 Å². The minimum atomic E-state index is -1.59. The number of aliphatic imine (C=N–C) groups is 1. The molecule has 0 saturated carbocycles. The Morgan fingerprint density at radius 1 is 0.903 bits per heavy atom. The van der Waals surface area contributed by atoms with Crippen LogP contribution < -0.4 is 33.2 Å². The predicted molar refractivity (Wildman–Crippen MR) is 110 cm³/mol. The molecule has 0 bridgehead atoms. The quantitative estimate of drug-likeness (QED) is 0.0745. The van der Waals surface area contributed by atoms with Gasteiger partial charge in [-0.1, -0.05) is 0 Å². The lowest BCUT2D eigenvalue weighted by molar-refractivity contribution is -0.145. The van der Waals surface area contributed by atoms with Crippen molar-refractivity contribution >= 4 is 29.7 Å². The van der Waals surface area contributed by atoms with E-state index in [4.69, 9.17) is 22.3 Å². The molecule has 0 fully saturated rings. The SMILES string of the molecule is CC(NC(=O)C(N)C(C)O)C(=O)NC(CCCN=C(N)N)C(=O)NC(C(=O)O)C(C)O. The summed E-state index contributed by atoms with van der Waals surface area (Å²) in [5, 5.41) is 34.9. The molecule has 14 heteroatoms. The molecule has 0 aliphatic heterocycles. The highest BCUT2D eigenvalue weighted by Gasteiger charge is 2.30. The Labute approximate surface area is 179 Å². The molecule has 0 rings (SSSR count). The molecule has 0 heterocycles. The number of nitrogens with two attached hydrogens (primary N) is 3. The number of carbonyl (C=O) groups is 4. The number of carboxylic acid groups (broad SMARTS) is 1. The van der Waals surface area contributed by atoms with Gasteiger partial charge in [-0.15, -0.1) is 0 Å². The van der Waals surface area contributed by atoms with Gasteiger partial charge in [0.25, 0.3) is 0 Å². The lowest BCUT2D eigenvalue weighted by Gasteiger charge is -2.24. The van der Waals surface area contributed by atoms with Crippen molar-refractivity contribution in [2.24, 2.45) is 22.2 Å². The third-order valence-corrected chi connectivity index (χ3v) is 4.20. The number of nitrogens with one attached hydrogen (secondary N) is 3. The number of aliphatic carboxylic acids is 1. The van der Waals surface area contributed by atoms with E-state index in [2.05, 4.69) is 20.9 Å². The first-order valence-electron chi connectivity index (χ1n) is 9.58. The second-order valence-corrected chi connectivity index (χ2v) is 7.07. The Morgan fingerprint density at radius 3 is 1.94 bits per heavy atom. The summed E-state index contributed by atoms with van der Waals surface area (Å²) in [7, 11) is 0. The molecule has 0 aliphatic carbocycles. The van der Waals surface area contributed by atoms with Crippen LogP contribution in [0.15, 0.2) is 4.99 Å². The average Bonchev–Trinajstić information content (AvgIpc) is 2.66. The van der Waals surface area contributed by atoms with Crippen molar-refractivity contribution in [3.8, 4) is 0 Å². The minimum absolute atomic E-state index is 0.0361. The van der Waals surface area contributed by atoms with Gasteiger partial charge in [-0.3, -0.25) is 19.4 Å². The zero-order valence-electron chi connectivity index (χ0n) is 17.7. The highest BCUT2D eigenvalue weighted by Crippen LogP contribution is 2.03. The van der Waals surface area contributed by atoms with Gasteiger partial charge in [0.05, 0.1) is 12.2 Å². The van der Waals surface area contributed by atoms with Gasteiger partial charge in [0.15, 0.2) is 12.0 Å². The first-order valence-corrected chi connectivity index (χ1v) is 9.58. The standard InChI is InChI=1S/C17H33N7O7/c1-7(22-15(29)11(18)8(2)25)13(27)23-10(5-4-6-21-17(19)20)14(28)24-12(9(3)26)16(30)31/h7-12,25-26H,4-6,18H2,1-3H3,(H,22,29)(H,23,27)(H,24,28)(H,30,31)(H4,19,20,21). The molecule has 0 aromatic carbocycles. The molecule has 31 heavy (non-hydrogen) atoms. The maximum absolute atomic E-state index is 12.5. The number of hydrogen-bond acceptors (Lipinski definition) is 8. The highest BCUT2D eigenvalue weighted by atomic mass is 16.4. The summed E-state index contributed by atoms with van der Waals surface area (Å²) in [6.45, 7) is 3.99. The second kappa shape index (κ2) is 13.4. The Balaban J connectivity index is 5.24. The first kappa shape index (κ1) is 28.0. The fraction of sp³-hybridized carbons (Fsp3) is 0.706. The Bertz CT molecular complexity index is 665. The van der Waals surface area contributed by atoms with Crippen LogP contribution in [0.4, 0.5) is 0 Å². The Hall–Kier alpha value is -2.97. The molecular formula is C17H33N7O7. The summed E-state index contributed by atoms with van der Waals surface area (Å²) in [4.78, 5) is 51.9. The van der Waals surface area contributed by atoms with Crippen molar-refractivity contribution < 1.29 is 34.5 Å². The molecule has 0 aromatic rings. The molecule has 0 spiro atoms. The third-order valence-electron chi connectivity index (χ3n) is 4.20. The average molecular weight is 447 g/mol. The van der Waals surface area contributed by atoms with E-state index >= 15 is 0 Å². The molecule has 3 amide bonds. The van der Waals surface area contributed by atoms with Crippen LogP contribution in [0.1, 0.15) is 33.6 Å². The maximum atomic E-state index is 12.5. The molecule has 0 aliphatic rings. The van der Waals surface area contributed by atoms with E-state index < -0.39 is 60.1 Å². The van der Waals surface area contributed by atoms with Crippen LogP contribution in [0.3, 0.4) is 0 Å². The normalized spacial score (nSPS) is 16.6. The van der Waals surface area contributed by atoms with Crippen LogP contribution >= 0.6 is 0 Å². The molecular weight excluding hydrogens is 414 g/mol. The van der Waals surface area contributed by atoms with Gasteiger partial charge >= 0.3 is 5.97 Å². The first-order chi connectivity index (χ1) is 14.3. The monoisotopic (exact) mass is 447 g/mol. The van der Waals surface area contributed by atoms with Crippen molar-refractivity contribution in [2.45, 2.75) is 70.0 Å². The number of carbonyl (C=O) groups excluding carboxylic acids is 3. The summed E-state index contributed by atoms with van der Waals surface area (Å²) in [5.41, 5.74) is 16.0. The molecule has 12 N–H and O–H groups in total. The number of guanidine groups is 1. The van der Waals surface area contributed by atoms with Crippen LogP contribution in [0.2, 0.25) is 0 Å². The van der Waals surface area contributed by atoms with E-state index in [0.717, 1.165) is 0 Å². The number of nitrogens with zero attached hydrogens (tertiary/aromatic N) is 1. The molecule has 0 aromatic heterocycles. The summed E-state index contributed by atoms with van der Waals surface area (Å²) in [6.07, 6.45) is -2.23. The number of rotatable bonds is 13. The summed E-state index contributed by atoms with van der Waals surface area (Å²) in [6, 6.07) is -5.16. The maximum Gasteiger partial charge on any atom is 0.328 e. The van der Waals surface area contributed by atoms with Gasteiger partial charge in [0, 0.05) is 6.54 Å². The van der Waals surface area contributed by atoms with Gasteiger partial charge in [-0.05, 0) is 33.6 Å². The Kier molecular flexibility index (Phi) is 12.1. The van der Waals surface area contributed by atoms with Crippen molar-refractivity contribution in [1.29, 1.82) is 0 Å². The van der Waals surface area contributed by atoms with E-state index in [0.29, 0.717) is 0 Å². The van der Waals surface area contributed by atoms with E-state index in [1.165, 1.54) is 20.8 Å². The summed E-state index contributed by atoms with van der Waals surface area (Å²) in [5.74, 6) is -3.99. The molecule has 178 valence electrons. The van der Waals surface area contributed by atoms with E-state index in [1.54, 1.807) is 0 Å². The zero-order chi connectivity index (χ0) is 24.3. The molecule has 14 nitrogen and oxygen atoms in total. The number of hydrogen-bond donors (Lipinski definition) is 9. The van der Waals surface area contributed by atoms with Gasteiger partial charge in [-0.25, -0.2) is 4.79 Å². The highest BCUT2D eigenvalue weighted by molar-refractivity contribution is 5.94. The van der Waals surface area contributed by atoms with Crippen LogP contribution in [0.25, 0.3) is 0 Å². The van der Waals surface area contributed by atoms with Crippen molar-refractivity contribution in [2.75, 3.05) is 6.54 Å². The lowest BCUT2D eigenvalue weighted by atomic mass is 10.1. The topological polar surface area (TPSA) is 255 Å². The van der Waals surface area contributed by atoms with Crippen LogP contribution in [0.5, 0.6) is 0 Å². The molecule has 6 unspecified atom stereocenters. The predicted octanol–water partition coefficient (Wildman–Crippen LogP) is -4.31. The fourth-order valence-electron chi connectivity index (χ4n) is 2.31. The molecule has 0 saturated heterocycles. The third kappa shape index (κ3) is 10.6. The molecule has 6 atom stereocenters. The second-order valence-electron chi connectivity index (χ2n) is 7.07. The van der Waals surface area contributed by atoms with E-state index in [-0.39, 0.29) is 25.3 Å². The zero-order valence-corrected chi connectivity index (χ0v) is 17.7. The van der Waals surface area contributed by atoms with Gasteiger partial charge in [0.2, 0.25) is 17.7 Å². The van der Waals surface area contributed by atoms with Crippen molar-refractivity contribution in [3.05, 3.63) is 0 Å². The Morgan fingerprint density at radius 2 is 1.48 bits per heavy atom. The summed E-state index contributed by atoms with van der Waals surface area (Å²) >= 11 is 0. The van der Waals surface area contributed by atoms with Crippen LogP contribution in [-0.2, 0) is 19.2 Å². The van der Waals surface area contributed by atoms with Crippen LogP contribution in [0, 0.1) is 0 Å². The largest absolute Gasteiger partial charge is 0.480 e. The molecule has 0 radical (unpaired) electrons. The number of carboxylic acids is 1. The lowest BCUT2D eigenvalue weighted by Crippen LogP contribution is -2.58. The van der Waals surface area contributed by atoms with Gasteiger partial charge < -0.3 is 48.5 Å². The minimum Gasteiger partial charge on any atom is -0.480 e. The van der Waals surface area contributed by atoms with Crippen molar-refractivity contribution in [1.82, 2.24) is 16.0 Å².